The summed E-state index contributed by atoms with van der Waals surface area (Å²) in [7, 11) is 3.41. The average Bonchev–Trinajstić information content (AvgIpc) is 2.98. The summed E-state index contributed by atoms with van der Waals surface area (Å²) in [5, 5.41) is 15.7. The lowest BCUT2D eigenvalue weighted by Crippen LogP contribution is -3.12. The van der Waals surface area contributed by atoms with Gasteiger partial charge in [-0.2, -0.15) is 0 Å². The summed E-state index contributed by atoms with van der Waals surface area (Å²) in [4.78, 5) is 25.3. The molecule has 0 bridgehead atoms. The van der Waals surface area contributed by atoms with Crippen molar-refractivity contribution >= 4 is 28.6 Å². The summed E-state index contributed by atoms with van der Waals surface area (Å²) >= 11 is 1.67. The Labute approximate surface area is 150 Å². The molecule has 1 aromatic carbocycles. The van der Waals surface area contributed by atoms with Gasteiger partial charge in [-0.1, -0.05) is 0 Å². The summed E-state index contributed by atoms with van der Waals surface area (Å²) in [5.41, 5.74) is 1.42. The molecule has 0 aliphatic rings. The number of nitrogens with one attached hydrogen (secondary N) is 2. The van der Waals surface area contributed by atoms with Crippen molar-refractivity contribution in [2.45, 2.75) is 26.4 Å². The fourth-order valence-electron chi connectivity index (χ4n) is 2.36. The van der Waals surface area contributed by atoms with Crippen LogP contribution >= 0.6 is 11.3 Å². The van der Waals surface area contributed by atoms with Crippen LogP contribution in [0.1, 0.15) is 17.4 Å². The second kappa shape index (κ2) is 8.09. The number of amides is 1. The van der Waals surface area contributed by atoms with Crippen LogP contribution in [0.4, 0.5) is 11.4 Å². The zero-order valence-corrected chi connectivity index (χ0v) is 15.5. The molecule has 1 unspecified atom stereocenters. The van der Waals surface area contributed by atoms with Gasteiger partial charge in [0.15, 0.2) is 6.04 Å². The van der Waals surface area contributed by atoms with Crippen molar-refractivity contribution in [3.63, 3.8) is 0 Å². The van der Waals surface area contributed by atoms with Crippen molar-refractivity contribution in [1.82, 2.24) is 0 Å². The number of hydrogen-bond donors (Lipinski definition) is 2. The number of hydrogen-bond acceptors (Lipinski definition) is 5. The molecule has 0 radical (unpaired) electrons. The van der Waals surface area contributed by atoms with Gasteiger partial charge in [-0.15, -0.1) is 11.3 Å². The van der Waals surface area contributed by atoms with E-state index in [0.29, 0.717) is 11.4 Å². The average molecular weight is 364 g/mol. The van der Waals surface area contributed by atoms with Gasteiger partial charge in [0.25, 0.3) is 11.6 Å². The third-order valence-corrected chi connectivity index (χ3v) is 5.21. The largest absolute Gasteiger partial charge is 0.495 e. The quantitative estimate of drug-likeness (QED) is 0.581. The Balaban J connectivity index is 2.11. The number of carbonyl (C=O) groups is 1. The predicted octanol–water partition coefficient (Wildman–Crippen LogP) is 2.02. The molecule has 0 aliphatic heterocycles. The first-order chi connectivity index (χ1) is 11.8. The number of non-ortho nitro benzene ring substituents is 1. The molecule has 0 fully saturated rings. The number of quaternary nitrogens is 1. The maximum atomic E-state index is 12.6. The molecule has 7 nitrogen and oxygen atoms in total. The van der Waals surface area contributed by atoms with E-state index in [1.165, 1.54) is 35.7 Å². The van der Waals surface area contributed by atoms with Crippen LogP contribution < -0.4 is 15.0 Å². The van der Waals surface area contributed by atoms with Crippen molar-refractivity contribution < 1.29 is 19.4 Å². The lowest BCUT2D eigenvalue weighted by Gasteiger charge is -2.21. The van der Waals surface area contributed by atoms with Crippen LogP contribution in [0.2, 0.25) is 0 Å². The van der Waals surface area contributed by atoms with Crippen molar-refractivity contribution in [2.24, 2.45) is 0 Å². The van der Waals surface area contributed by atoms with Gasteiger partial charge in [0, 0.05) is 12.1 Å². The molecule has 1 amide bonds. The summed E-state index contributed by atoms with van der Waals surface area (Å²) in [5.74, 6) is 0.170. The zero-order chi connectivity index (χ0) is 18.6. The third-order valence-electron chi connectivity index (χ3n) is 4.19. The van der Waals surface area contributed by atoms with Crippen molar-refractivity contribution in [3.8, 4) is 5.75 Å². The van der Waals surface area contributed by atoms with Gasteiger partial charge in [-0.05, 0) is 36.9 Å². The Morgan fingerprint density at radius 1 is 1.44 bits per heavy atom. The molecular weight excluding hydrogens is 342 g/mol. The molecule has 0 saturated heterocycles. The number of likely N-dealkylation sites (N-methyl/N-ethyl adjacent to an activating group) is 1. The van der Waals surface area contributed by atoms with Crippen LogP contribution in [-0.2, 0) is 11.3 Å². The number of nitrogens with zero attached hydrogens (tertiary/aromatic N) is 1. The highest BCUT2D eigenvalue weighted by Crippen LogP contribution is 2.28. The monoisotopic (exact) mass is 364 g/mol. The van der Waals surface area contributed by atoms with Crippen molar-refractivity contribution in [2.75, 3.05) is 19.5 Å². The number of thiophene rings is 1. The highest BCUT2D eigenvalue weighted by molar-refractivity contribution is 7.10. The molecule has 2 N–H and O–H groups in total. The van der Waals surface area contributed by atoms with Crippen molar-refractivity contribution in [3.05, 3.63) is 50.2 Å². The fourth-order valence-corrected chi connectivity index (χ4v) is 3.36. The number of benzene rings is 1. The second-order valence-electron chi connectivity index (χ2n) is 5.90. The lowest BCUT2D eigenvalue weighted by molar-refractivity contribution is -0.907. The number of nitro groups is 1. The number of anilines is 1. The molecule has 2 atom stereocenters. The van der Waals surface area contributed by atoms with Gasteiger partial charge in [-0.3, -0.25) is 14.9 Å². The molecular formula is C17H22N3O4S+. The molecule has 25 heavy (non-hydrogen) atoms. The first-order valence-electron chi connectivity index (χ1n) is 7.82. The van der Waals surface area contributed by atoms with Crippen molar-refractivity contribution in [1.29, 1.82) is 0 Å². The van der Waals surface area contributed by atoms with Crippen LogP contribution in [-0.4, -0.2) is 31.0 Å². The predicted molar refractivity (Wildman–Crippen MR) is 97.4 cm³/mol. The highest BCUT2D eigenvalue weighted by Gasteiger charge is 2.24. The number of rotatable bonds is 7. The minimum Gasteiger partial charge on any atom is -0.495 e. The Morgan fingerprint density at radius 3 is 2.72 bits per heavy atom. The molecule has 0 saturated carbocycles. The van der Waals surface area contributed by atoms with E-state index in [0.717, 1.165) is 11.4 Å². The van der Waals surface area contributed by atoms with Crippen LogP contribution in [0.15, 0.2) is 29.6 Å². The highest BCUT2D eigenvalue weighted by atomic mass is 32.1. The fraction of sp³-hybridized carbons (Fsp3) is 0.353. The number of ether oxygens (including phenoxy) is 1. The first-order valence-corrected chi connectivity index (χ1v) is 8.70. The summed E-state index contributed by atoms with van der Waals surface area (Å²) in [6, 6.07) is 5.86. The third kappa shape index (κ3) is 4.55. The minimum absolute atomic E-state index is 0.0985. The smallest absolute Gasteiger partial charge is 0.282 e. The molecule has 134 valence electrons. The SMILES string of the molecule is COc1ccc([N+](=O)[O-])cc1NC(=O)[C@H](C)[NH+](C)Cc1sccc1C. The second-order valence-corrected chi connectivity index (χ2v) is 6.90. The molecule has 2 aromatic rings. The van der Waals surface area contributed by atoms with Gasteiger partial charge < -0.3 is 15.0 Å². The van der Waals surface area contributed by atoms with E-state index in [-0.39, 0.29) is 17.6 Å². The number of nitro benzene ring substituents is 1. The standard InChI is InChI=1S/C17H21N3O4S/c1-11-7-8-25-16(11)10-19(3)12(2)17(21)18-14-9-13(20(22)23)5-6-15(14)24-4/h5-9,12H,10H2,1-4H3,(H,18,21)/p+1/t12-/m0/s1. The van der Waals surface area contributed by atoms with E-state index in [1.807, 2.05) is 19.4 Å². The normalized spacial score (nSPS) is 13.1. The lowest BCUT2D eigenvalue weighted by atomic mass is 10.2. The maximum absolute atomic E-state index is 12.6. The minimum atomic E-state index is -0.504. The first kappa shape index (κ1) is 18.9. The maximum Gasteiger partial charge on any atom is 0.282 e. The molecule has 1 heterocycles. The van der Waals surface area contributed by atoms with E-state index in [9.17, 15) is 14.9 Å². The van der Waals surface area contributed by atoms with Crippen LogP contribution in [0.3, 0.4) is 0 Å². The van der Waals surface area contributed by atoms with E-state index in [1.54, 1.807) is 11.3 Å². The van der Waals surface area contributed by atoms with E-state index in [2.05, 4.69) is 18.3 Å². The van der Waals surface area contributed by atoms with Crippen LogP contribution in [0.25, 0.3) is 0 Å². The molecule has 0 spiro atoms. The topological polar surface area (TPSA) is 85.9 Å². The number of methoxy groups -OCH3 is 1. The summed E-state index contributed by atoms with van der Waals surface area (Å²) in [6.07, 6.45) is 0. The van der Waals surface area contributed by atoms with Gasteiger partial charge in [-0.25, -0.2) is 0 Å². The van der Waals surface area contributed by atoms with Gasteiger partial charge >= 0.3 is 0 Å². The molecule has 0 aliphatic carbocycles. The van der Waals surface area contributed by atoms with Crippen LogP contribution in [0, 0.1) is 17.0 Å². The number of aryl methyl sites for hydroxylation is 1. The molecule has 1 aromatic heterocycles. The van der Waals surface area contributed by atoms with E-state index >= 15 is 0 Å². The van der Waals surface area contributed by atoms with Gasteiger partial charge in [0.2, 0.25) is 0 Å². The number of carbonyl (C=O) groups excluding carboxylic acids is 1. The Morgan fingerprint density at radius 2 is 2.16 bits per heavy atom. The Hall–Kier alpha value is -2.45. The zero-order valence-electron chi connectivity index (χ0n) is 14.7. The van der Waals surface area contributed by atoms with Gasteiger partial charge in [0.05, 0.1) is 29.6 Å². The Bertz CT molecular complexity index is 775. The molecule has 8 heteroatoms. The summed E-state index contributed by atoms with van der Waals surface area (Å²) in [6.45, 7) is 4.62. The van der Waals surface area contributed by atoms with E-state index < -0.39 is 4.92 Å². The molecule has 2 rings (SSSR count). The van der Waals surface area contributed by atoms with Gasteiger partial charge in [0.1, 0.15) is 12.3 Å². The Kier molecular flexibility index (Phi) is 6.11. The van der Waals surface area contributed by atoms with E-state index in [4.69, 9.17) is 4.74 Å². The summed E-state index contributed by atoms with van der Waals surface area (Å²) < 4.78 is 5.18. The van der Waals surface area contributed by atoms with Crippen LogP contribution in [0.5, 0.6) is 5.75 Å².